The number of nitrogens with zero attached hydrogens (tertiary/aromatic N) is 2. The van der Waals surface area contributed by atoms with Gasteiger partial charge in [0.05, 0.1) is 11.4 Å². The summed E-state index contributed by atoms with van der Waals surface area (Å²) in [7, 11) is 2.04. The molecule has 92 valence electrons. The van der Waals surface area contributed by atoms with E-state index in [4.69, 9.17) is 0 Å². The summed E-state index contributed by atoms with van der Waals surface area (Å²) in [5.41, 5.74) is 4.99. The first kappa shape index (κ1) is 11.3. The number of allylic oxidation sites excluding steroid dienone is 2. The maximum Gasteiger partial charge on any atom is 0.0929 e. The van der Waals surface area contributed by atoms with Gasteiger partial charge in [0, 0.05) is 12.6 Å². The van der Waals surface area contributed by atoms with Crippen LogP contribution in [-0.2, 0) is 7.05 Å². The minimum Gasteiger partial charge on any atom is -0.268 e. The molecule has 1 aromatic heterocycles. The Morgan fingerprint density at radius 2 is 1.94 bits per heavy atom. The van der Waals surface area contributed by atoms with Gasteiger partial charge in [0.1, 0.15) is 0 Å². The lowest BCUT2D eigenvalue weighted by molar-refractivity contribution is 0.714. The summed E-state index contributed by atoms with van der Waals surface area (Å²) in [5.74, 6) is 0. The molecule has 1 aliphatic carbocycles. The first-order valence-corrected chi connectivity index (χ1v) is 6.63. The molecule has 18 heavy (non-hydrogen) atoms. The normalized spacial score (nSPS) is 15.5. The molecule has 1 heterocycles. The van der Waals surface area contributed by atoms with Crippen molar-refractivity contribution in [1.29, 1.82) is 0 Å². The Kier molecular flexibility index (Phi) is 3.01. The number of benzene rings is 1. The van der Waals surface area contributed by atoms with Crippen LogP contribution >= 0.6 is 0 Å². The van der Waals surface area contributed by atoms with Crippen molar-refractivity contribution in [3.63, 3.8) is 0 Å². The van der Waals surface area contributed by atoms with Gasteiger partial charge >= 0.3 is 0 Å². The molecule has 0 amide bonds. The van der Waals surface area contributed by atoms with Crippen molar-refractivity contribution >= 4 is 5.57 Å². The molecular weight excluding hydrogens is 220 g/mol. The summed E-state index contributed by atoms with van der Waals surface area (Å²) in [6.07, 6.45) is 7.40. The molecule has 0 unspecified atom stereocenters. The number of rotatable bonds is 2. The van der Waals surface area contributed by atoms with E-state index in [1.165, 1.54) is 42.5 Å². The van der Waals surface area contributed by atoms with Crippen LogP contribution in [0.25, 0.3) is 16.8 Å². The summed E-state index contributed by atoms with van der Waals surface area (Å²) >= 11 is 0. The fraction of sp³-hybridized carbons (Fsp3) is 0.312. The molecule has 0 bridgehead atoms. The minimum atomic E-state index is 1.07. The van der Waals surface area contributed by atoms with Gasteiger partial charge in [-0.25, -0.2) is 0 Å². The molecule has 2 nitrogen and oxygen atoms in total. The van der Waals surface area contributed by atoms with Crippen LogP contribution in [0.3, 0.4) is 0 Å². The highest BCUT2D eigenvalue weighted by molar-refractivity contribution is 5.69. The zero-order chi connectivity index (χ0) is 12.4. The van der Waals surface area contributed by atoms with Gasteiger partial charge in [-0.05, 0) is 37.3 Å². The molecule has 0 aliphatic heterocycles. The quantitative estimate of drug-likeness (QED) is 0.772. The molecule has 1 aliphatic rings. The third-order valence-corrected chi connectivity index (χ3v) is 3.57. The Bertz CT molecular complexity index is 564. The average molecular weight is 238 g/mol. The SMILES string of the molecule is Cn1nc(-c2ccccc2)cc1C1=CCCCC1. The molecule has 0 N–H and O–H groups in total. The zero-order valence-electron chi connectivity index (χ0n) is 10.8. The first-order valence-electron chi connectivity index (χ1n) is 6.63. The molecule has 0 saturated carbocycles. The van der Waals surface area contributed by atoms with Crippen molar-refractivity contribution in [3.05, 3.63) is 48.2 Å². The molecule has 0 atom stereocenters. The van der Waals surface area contributed by atoms with Crippen LogP contribution in [0.1, 0.15) is 31.4 Å². The summed E-state index contributed by atoms with van der Waals surface area (Å²) < 4.78 is 2.01. The van der Waals surface area contributed by atoms with Crippen molar-refractivity contribution in [2.75, 3.05) is 0 Å². The Morgan fingerprint density at radius 3 is 2.67 bits per heavy atom. The lowest BCUT2D eigenvalue weighted by Crippen LogP contribution is -2.00. The van der Waals surface area contributed by atoms with E-state index in [0.29, 0.717) is 0 Å². The molecule has 0 spiro atoms. The third-order valence-electron chi connectivity index (χ3n) is 3.57. The van der Waals surface area contributed by atoms with Crippen molar-refractivity contribution < 1.29 is 0 Å². The highest BCUT2D eigenvalue weighted by Gasteiger charge is 2.12. The van der Waals surface area contributed by atoms with Gasteiger partial charge in [-0.3, -0.25) is 4.68 Å². The predicted octanol–water partition coefficient (Wildman–Crippen LogP) is 4.04. The number of aryl methyl sites for hydroxylation is 1. The summed E-state index contributed by atoms with van der Waals surface area (Å²) in [5, 5.41) is 4.63. The Labute approximate surface area is 108 Å². The lowest BCUT2D eigenvalue weighted by atomic mass is 9.97. The zero-order valence-corrected chi connectivity index (χ0v) is 10.8. The molecular formula is C16H18N2. The Hall–Kier alpha value is -1.83. The first-order chi connectivity index (χ1) is 8.84. The number of hydrogen-bond acceptors (Lipinski definition) is 1. The van der Waals surface area contributed by atoms with Crippen LogP contribution in [0.15, 0.2) is 42.5 Å². The molecule has 2 heteroatoms. The van der Waals surface area contributed by atoms with Gasteiger partial charge in [-0.1, -0.05) is 36.4 Å². The van der Waals surface area contributed by atoms with E-state index in [0.717, 1.165) is 5.69 Å². The minimum absolute atomic E-state index is 1.07. The van der Waals surface area contributed by atoms with Gasteiger partial charge in [-0.2, -0.15) is 5.10 Å². The number of hydrogen-bond donors (Lipinski definition) is 0. The average Bonchev–Trinajstić information content (AvgIpc) is 2.83. The maximum atomic E-state index is 4.63. The summed E-state index contributed by atoms with van der Waals surface area (Å²) in [4.78, 5) is 0. The van der Waals surface area contributed by atoms with E-state index in [9.17, 15) is 0 Å². The second-order valence-electron chi connectivity index (χ2n) is 4.88. The van der Waals surface area contributed by atoms with Gasteiger partial charge in [0.15, 0.2) is 0 Å². The summed E-state index contributed by atoms with van der Waals surface area (Å²) in [6.45, 7) is 0. The molecule has 0 radical (unpaired) electrons. The van der Waals surface area contributed by atoms with Crippen molar-refractivity contribution in [3.8, 4) is 11.3 Å². The highest BCUT2D eigenvalue weighted by Crippen LogP contribution is 2.29. The van der Waals surface area contributed by atoms with Crippen LogP contribution in [0.5, 0.6) is 0 Å². The lowest BCUT2D eigenvalue weighted by Gasteiger charge is -2.12. The standard InChI is InChI=1S/C16H18N2/c1-18-16(14-10-6-3-7-11-14)12-15(17-18)13-8-4-2-5-9-13/h2,4-5,8-10,12H,3,6-7,11H2,1H3. The predicted molar refractivity (Wildman–Crippen MR) is 75.1 cm³/mol. The second kappa shape index (κ2) is 4.81. The van der Waals surface area contributed by atoms with Crippen LogP contribution in [-0.4, -0.2) is 9.78 Å². The van der Waals surface area contributed by atoms with Crippen LogP contribution in [0.4, 0.5) is 0 Å². The largest absolute Gasteiger partial charge is 0.268 e. The van der Waals surface area contributed by atoms with E-state index >= 15 is 0 Å². The monoisotopic (exact) mass is 238 g/mol. The Balaban J connectivity index is 1.98. The molecule has 0 fully saturated rings. The highest BCUT2D eigenvalue weighted by atomic mass is 15.3. The van der Waals surface area contributed by atoms with Crippen molar-refractivity contribution in [1.82, 2.24) is 9.78 Å². The summed E-state index contributed by atoms with van der Waals surface area (Å²) in [6, 6.07) is 12.6. The third kappa shape index (κ3) is 2.10. The second-order valence-corrected chi connectivity index (χ2v) is 4.88. The van der Waals surface area contributed by atoms with Crippen molar-refractivity contribution in [2.45, 2.75) is 25.7 Å². The van der Waals surface area contributed by atoms with Crippen molar-refractivity contribution in [2.24, 2.45) is 7.05 Å². The van der Waals surface area contributed by atoms with E-state index in [-0.39, 0.29) is 0 Å². The molecule has 0 saturated heterocycles. The topological polar surface area (TPSA) is 17.8 Å². The molecule has 3 rings (SSSR count). The smallest absolute Gasteiger partial charge is 0.0929 e. The van der Waals surface area contributed by atoms with Crippen LogP contribution in [0.2, 0.25) is 0 Å². The van der Waals surface area contributed by atoms with Crippen LogP contribution < -0.4 is 0 Å². The van der Waals surface area contributed by atoms with Gasteiger partial charge in [-0.15, -0.1) is 0 Å². The van der Waals surface area contributed by atoms with Gasteiger partial charge in [0.25, 0.3) is 0 Å². The molecule has 2 aromatic rings. The van der Waals surface area contributed by atoms with E-state index in [1.54, 1.807) is 0 Å². The Morgan fingerprint density at radius 1 is 1.11 bits per heavy atom. The number of aromatic nitrogens is 2. The van der Waals surface area contributed by atoms with E-state index < -0.39 is 0 Å². The maximum absolute atomic E-state index is 4.63. The van der Waals surface area contributed by atoms with Gasteiger partial charge < -0.3 is 0 Å². The van der Waals surface area contributed by atoms with E-state index in [2.05, 4.69) is 41.5 Å². The fourth-order valence-corrected chi connectivity index (χ4v) is 2.59. The van der Waals surface area contributed by atoms with Gasteiger partial charge in [0.2, 0.25) is 0 Å². The van der Waals surface area contributed by atoms with E-state index in [1.807, 2.05) is 17.8 Å². The molecule has 1 aromatic carbocycles. The fourth-order valence-electron chi connectivity index (χ4n) is 2.59. The van der Waals surface area contributed by atoms with Crippen LogP contribution in [0, 0.1) is 0 Å².